The number of carboxylic acid groups (broad SMARTS) is 2. The molecule has 0 atom stereocenters. The first-order chi connectivity index (χ1) is 15.5. The molecule has 2 N–H and O–H groups in total. The number of carboxylic acids is 2. The highest BCUT2D eigenvalue weighted by atomic mass is 16.6. The third-order valence-electron chi connectivity index (χ3n) is 4.96. The smallest absolute Gasteiger partial charge is 0.414 e. The molecule has 0 saturated carbocycles. The lowest BCUT2D eigenvalue weighted by atomic mass is 10.0. The summed E-state index contributed by atoms with van der Waals surface area (Å²) in [6.07, 6.45) is 2.12. The van der Waals surface area contributed by atoms with Gasteiger partial charge in [-0.15, -0.1) is 0 Å². The van der Waals surface area contributed by atoms with Crippen LogP contribution in [0.15, 0.2) is 36.4 Å². The van der Waals surface area contributed by atoms with E-state index in [2.05, 4.69) is 9.80 Å². The Morgan fingerprint density at radius 1 is 0.909 bits per heavy atom. The maximum absolute atomic E-state index is 11.2. The van der Waals surface area contributed by atoms with E-state index in [0.717, 1.165) is 42.0 Å². The van der Waals surface area contributed by atoms with E-state index in [4.69, 9.17) is 19.8 Å². The molecule has 2 aromatic carbocycles. The van der Waals surface area contributed by atoms with E-state index in [1.165, 1.54) is 12.1 Å². The lowest BCUT2D eigenvalue weighted by molar-refractivity contribution is -0.385. The summed E-state index contributed by atoms with van der Waals surface area (Å²) in [6, 6.07) is 9.87. The van der Waals surface area contributed by atoms with Gasteiger partial charge in [-0.3, -0.25) is 20.2 Å². The Morgan fingerprint density at radius 3 is 1.67 bits per heavy atom. The highest BCUT2D eigenvalue weighted by Crippen LogP contribution is 2.39. The summed E-state index contributed by atoms with van der Waals surface area (Å²) in [5.74, 6) is -3.65. The number of fused-ring (bicyclic) bond motifs is 2. The molecular formula is C21H24N4O8. The molecule has 0 fully saturated rings. The molecule has 0 radical (unpaired) electrons. The molecule has 1 aliphatic rings. The maximum atomic E-state index is 11.2. The van der Waals surface area contributed by atoms with Crippen molar-refractivity contribution in [2.75, 3.05) is 32.1 Å². The van der Waals surface area contributed by atoms with Gasteiger partial charge in [-0.05, 0) is 63.2 Å². The van der Waals surface area contributed by atoms with Crippen LogP contribution in [0.2, 0.25) is 0 Å². The Balaban J connectivity index is 0.000000569. The maximum Gasteiger partial charge on any atom is 0.414 e. The van der Waals surface area contributed by atoms with E-state index >= 15 is 0 Å². The van der Waals surface area contributed by atoms with E-state index < -0.39 is 11.9 Å². The fourth-order valence-corrected chi connectivity index (χ4v) is 3.48. The van der Waals surface area contributed by atoms with Crippen molar-refractivity contribution in [2.45, 2.75) is 19.3 Å². The Bertz CT molecular complexity index is 993. The minimum absolute atomic E-state index is 0.0685. The zero-order chi connectivity index (χ0) is 24.7. The normalized spacial score (nSPS) is 12.0. The summed E-state index contributed by atoms with van der Waals surface area (Å²) >= 11 is 0. The second-order valence-corrected chi connectivity index (χ2v) is 7.56. The number of benzene rings is 2. The highest BCUT2D eigenvalue weighted by Gasteiger charge is 2.24. The molecule has 2 aromatic rings. The van der Waals surface area contributed by atoms with Crippen LogP contribution < -0.4 is 4.90 Å². The quantitative estimate of drug-likeness (QED) is 0.371. The van der Waals surface area contributed by atoms with Crippen molar-refractivity contribution in [3.8, 4) is 0 Å². The highest BCUT2D eigenvalue weighted by molar-refractivity contribution is 6.27. The lowest BCUT2D eigenvalue weighted by Crippen LogP contribution is -2.24. The summed E-state index contributed by atoms with van der Waals surface area (Å²) in [4.78, 5) is 44.0. The molecule has 0 amide bonds. The van der Waals surface area contributed by atoms with Gasteiger partial charge < -0.3 is 20.0 Å². The van der Waals surface area contributed by atoms with Crippen molar-refractivity contribution in [3.63, 3.8) is 0 Å². The van der Waals surface area contributed by atoms with Crippen LogP contribution in [0.5, 0.6) is 0 Å². The van der Waals surface area contributed by atoms with Crippen LogP contribution in [-0.2, 0) is 22.4 Å². The predicted octanol–water partition coefficient (Wildman–Crippen LogP) is 2.85. The molecule has 33 heavy (non-hydrogen) atoms. The molecule has 0 unspecified atom stereocenters. The van der Waals surface area contributed by atoms with Gasteiger partial charge in [0.05, 0.1) is 9.85 Å². The summed E-state index contributed by atoms with van der Waals surface area (Å²) in [5, 5.41) is 37.1. The summed E-state index contributed by atoms with van der Waals surface area (Å²) in [5.41, 5.74) is 3.80. The standard InChI is InChI=1S/C19H22N4O4.C2H2O4/c1-20(2)10-3-11-21-18-8-6-16(22(24)25)12-14(18)4-5-15-13-17(23(26)27)7-9-19(15)21;3-1(4)2(5)6/h6-9,12-13H,3-5,10-11H2,1-2H3;(H,3,4)(H,5,6). The number of nitro benzene ring substituents is 2. The number of non-ortho nitro benzene ring substituents is 2. The number of hydrogen-bond acceptors (Lipinski definition) is 8. The fourth-order valence-electron chi connectivity index (χ4n) is 3.48. The fraction of sp³-hybridized carbons (Fsp3) is 0.333. The Hall–Kier alpha value is -4.06. The molecule has 3 rings (SSSR count). The van der Waals surface area contributed by atoms with Gasteiger partial charge in [0.25, 0.3) is 11.4 Å². The molecule has 0 saturated heterocycles. The molecule has 12 nitrogen and oxygen atoms in total. The van der Waals surface area contributed by atoms with E-state index in [0.29, 0.717) is 12.8 Å². The first kappa shape index (κ1) is 25.2. The molecule has 12 heteroatoms. The minimum atomic E-state index is -1.82. The van der Waals surface area contributed by atoms with Crippen molar-refractivity contribution in [1.29, 1.82) is 0 Å². The zero-order valence-corrected chi connectivity index (χ0v) is 18.1. The first-order valence-corrected chi connectivity index (χ1v) is 9.94. The van der Waals surface area contributed by atoms with Gasteiger partial charge in [0, 0.05) is 42.2 Å². The molecule has 1 aliphatic heterocycles. The lowest BCUT2D eigenvalue weighted by Gasteiger charge is -2.27. The number of rotatable bonds is 6. The number of hydrogen-bond donors (Lipinski definition) is 2. The molecule has 0 aromatic heterocycles. The van der Waals surface area contributed by atoms with Crippen LogP contribution in [0.3, 0.4) is 0 Å². The van der Waals surface area contributed by atoms with Crippen molar-refractivity contribution in [2.24, 2.45) is 0 Å². The largest absolute Gasteiger partial charge is 0.473 e. The third-order valence-corrected chi connectivity index (χ3v) is 4.96. The van der Waals surface area contributed by atoms with E-state index in [9.17, 15) is 20.2 Å². The van der Waals surface area contributed by atoms with Gasteiger partial charge in [-0.1, -0.05) is 0 Å². The second-order valence-electron chi connectivity index (χ2n) is 7.56. The van der Waals surface area contributed by atoms with Crippen LogP contribution in [-0.4, -0.2) is 64.1 Å². The number of aliphatic carboxylic acids is 2. The molecule has 0 aliphatic carbocycles. The van der Waals surface area contributed by atoms with E-state index in [1.807, 2.05) is 14.1 Å². The number of nitro groups is 2. The van der Waals surface area contributed by atoms with Gasteiger partial charge in [0.15, 0.2) is 0 Å². The van der Waals surface area contributed by atoms with E-state index in [-0.39, 0.29) is 21.2 Å². The summed E-state index contributed by atoms with van der Waals surface area (Å²) in [7, 11) is 4.02. The van der Waals surface area contributed by atoms with Crippen molar-refractivity contribution in [1.82, 2.24) is 4.90 Å². The Morgan fingerprint density at radius 2 is 1.33 bits per heavy atom. The number of aryl methyl sites for hydroxylation is 2. The molecule has 176 valence electrons. The number of nitrogens with zero attached hydrogens (tertiary/aromatic N) is 4. The van der Waals surface area contributed by atoms with E-state index in [1.54, 1.807) is 24.3 Å². The molecule has 0 bridgehead atoms. The predicted molar refractivity (Wildman–Crippen MR) is 119 cm³/mol. The molecular weight excluding hydrogens is 436 g/mol. The van der Waals surface area contributed by atoms with Crippen LogP contribution in [0.25, 0.3) is 0 Å². The van der Waals surface area contributed by atoms with Crippen LogP contribution >= 0.6 is 0 Å². The molecule has 0 spiro atoms. The number of anilines is 2. The van der Waals surface area contributed by atoms with Gasteiger partial charge in [-0.25, -0.2) is 9.59 Å². The van der Waals surface area contributed by atoms with Crippen LogP contribution in [0, 0.1) is 20.2 Å². The second kappa shape index (κ2) is 11.0. The average Bonchev–Trinajstić information content (AvgIpc) is 2.90. The van der Waals surface area contributed by atoms with Gasteiger partial charge in [0.1, 0.15) is 0 Å². The topological polar surface area (TPSA) is 167 Å². The Labute approximate surface area is 189 Å². The van der Waals surface area contributed by atoms with Gasteiger partial charge in [-0.2, -0.15) is 0 Å². The SMILES string of the molecule is CN(C)CCCN1c2ccc([N+](=O)[O-])cc2CCc2cc([N+](=O)[O-])ccc21.O=C(O)C(=O)O. The minimum Gasteiger partial charge on any atom is -0.473 e. The first-order valence-electron chi connectivity index (χ1n) is 9.94. The van der Waals surface area contributed by atoms with Gasteiger partial charge >= 0.3 is 11.9 Å². The van der Waals surface area contributed by atoms with Gasteiger partial charge in [0.2, 0.25) is 0 Å². The van der Waals surface area contributed by atoms with Crippen molar-refractivity contribution >= 4 is 34.7 Å². The van der Waals surface area contributed by atoms with Crippen molar-refractivity contribution in [3.05, 3.63) is 67.8 Å². The summed E-state index contributed by atoms with van der Waals surface area (Å²) < 4.78 is 0. The van der Waals surface area contributed by atoms with Crippen LogP contribution in [0.1, 0.15) is 17.5 Å². The zero-order valence-electron chi connectivity index (χ0n) is 18.1. The molecule has 1 heterocycles. The average molecular weight is 460 g/mol. The summed E-state index contributed by atoms with van der Waals surface area (Å²) in [6.45, 7) is 1.63. The number of carbonyl (C=O) groups is 2. The van der Waals surface area contributed by atoms with Crippen molar-refractivity contribution < 1.29 is 29.6 Å². The van der Waals surface area contributed by atoms with Crippen LogP contribution in [0.4, 0.5) is 22.7 Å². The third kappa shape index (κ3) is 6.71. The monoisotopic (exact) mass is 460 g/mol. The Kier molecular flexibility index (Phi) is 8.40.